The maximum atomic E-state index is 10.4. The highest BCUT2D eigenvalue weighted by Gasteiger charge is 2.50. The van der Waals surface area contributed by atoms with Crippen molar-refractivity contribution in [3.8, 4) is 0 Å². The van der Waals surface area contributed by atoms with Gasteiger partial charge in [-0.15, -0.1) is 0 Å². The van der Waals surface area contributed by atoms with Gasteiger partial charge in [-0.25, -0.2) is 0 Å². The summed E-state index contributed by atoms with van der Waals surface area (Å²) in [6.45, 7) is 10.5. The zero-order chi connectivity index (χ0) is 16.0. The Hall–Kier alpha value is -0.640. The van der Waals surface area contributed by atoms with Crippen molar-refractivity contribution >= 4 is 0 Å². The molecule has 1 rings (SSSR count). The van der Waals surface area contributed by atoms with Gasteiger partial charge in [0.1, 0.15) is 6.10 Å². The summed E-state index contributed by atoms with van der Waals surface area (Å²) >= 11 is 0. The lowest BCUT2D eigenvalue weighted by Crippen LogP contribution is -2.30. The molecule has 21 heavy (non-hydrogen) atoms. The molecule has 0 aromatic rings. The third-order valence-corrected chi connectivity index (χ3v) is 4.36. The van der Waals surface area contributed by atoms with E-state index in [-0.39, 0.29) is 24.2 Å². The SMILES string of the molecule is CCC(OC)C(C)C1OC1C(O)C(C)C/C=C/C=C(C)C. The standard InChI is InChI=1S/C18H32O3/c1-7-15(20-6)14(5)17-18(21-17)16(19)13(4)11-9-8-10-12(2)3/h8-10,13-19H,7,11H2,1-6H3/b9-8+. The van der Waals surface area contributed by atoms with Gasteiger partial charge >= 0.3 is 0 Å². The Kier molecular flexibility index (Phi) is 7.64. The number of methoxy groups -OCH3 is 1. The number of ether oxygens (including phenoxy) is 2. The van der Waals surface area contributed by atoms with Crippen LogP contribution in [0.3, 0.4) is 0 Å². The first-order chi connectivity index (χ1) is 9.92. The molecule has 0 saturated carbocycles. The largest absolute Gasteiger partial charge is 0.390 e. The van der Waals surface area contributed by atoms with Gasteiger partial charge in [0.2, 0.25) is 0 Å². The van der Waals surface area contributed by atoms with Crippen molar-refractivity contribution < 1.29 is 14.6 Å². The molecule has 0 aliphatic carbocycles. The molecule has 6 unspecified atom stereocenters. The van der Waals surface area contributed by atoms with Crippen LogP contribution in [0.15, 0.2) is 23.8 Å². The number of epoxide rings is 1. The first kappa shape index (κ1) is 18.4. The summed E-state index contributed by atoms with van der Waals surface area (Å²) in [5, 5.41) is 10.4. The topological polar surface area (TPSA) is 42.0 Å². The van der Waals surface area contributed by atoms with Crippen LogP contribution in [0, 0.1) is 11.8 Å². The third kappa shape index (κ3) is 5.57. The highest BCUT2D eigenvalue weighted by molar-refractivity contribution is 5.08. The highest BCUT2D eigenvalue weighted by atomic mass is 16.6. The van der Waals surface area contributed by atoms with E-state index in [1.54, 1.807) is 7.11 Å². The average molecular weight is 296 g/mol. The van der Waals surface area contributed by atoms with Gasteiger partial charge in [0.05, 0.1) is 18.3 Å². The molecule has 3 heteroatoms. The molecule has 1 heterocycles. The predicted molar refractivity (Wildman–Crippen MR) is 87.3 cm³/mol. The molecule has 0 radical (unpaired) electrons. The van der Waals surface area contributed by atoms with Gasteiger partial charge in [-0.05, 0) is 32.6 Å². The van der Waals surface area contributed by atoms with Crippen LogP contribution in [-0.4, -0.2) is 36.6 Å². The van der Waals surface area contributed by atoms with Gasteiger partial charge in [0, 0.05) is 13.0 Å². The van der Waals surface area contributed by atoms with Crippen LogP contribution in [0.25, 0.3) is 0 Å². The molecule has 0 amide bonds. The summed E-state index contributed by atoms with van der Waals surface area (Å²) in [7, 11) is 1.75. The van der Waals surface area contributed by atoms with E-state index in [0.717, 1.165) is 12.8 Å². The lowest BCUT2D eigenvalue weighted by molar-refractivity contribution is 0.0445. The molecule has 1 saturated heterocycles. The minimum Gasteiger partial charge on any atom is -0.390 e. The Balaban J connectivity index is 2.41. The zero-order valence-corrected chi connectivity index (χ0v) is 14.4. The summed E-state index contributed by atoms with van der Waals surface area (Å²) in [5.41, 5.74) is 1.28. The molecule has 1 aliphatic heterocycles. The van der Waals surface area contributed by atoms with Crippen LogP contribution in [0.4, 0.5) is 0 Å². The van der Waals surface area contributed by atoms with Gasteiger partial charge in [-0.3, -0.25) is 0 Å². The average Bonchev–Trinajstić information content (AvgIpc) is 3.23. The van der Waals surface area contributed by atoms with Gasteiger partial charge in [0.15, 0.2) is 0 Å². The summed E-state index contributed by atoms with van der Waals surface area (Å²) < 4.78 is 11.2. The van der Waals surface area contributed by atoms with Gasteiger partial charge < -0.3 is 14.6 Å². The molecule has 3 nitrogen and oxygen atoms in total. The summed E-state index contributed by atoms with van der Waals surface area (Å²) in [4.78, 5) is 0. The smallest absolute Gasteiger partial charge is 0.111 e. The van der Waals surface area contributed by atoms with E-state index in [9.17, 15) is 5.11 Å². The van der Waals surface area contributed by atoms with Crippen LogP contribution in [0.1, 0.15) is 47.5 Å². The second-order valence-electron chi connectivity index (χ2n) is 6.48. The normalized spacial score (nSPS) is 27.2. The monoisotopic (exact) mass is 296 g/mol. The molecule has 6 atom stereocenters. The molecule has 0 aromatic carbocycles. The Morgan fingerprint density at radius 3 is 2.48 bits per heavy atom. The van der Waals surface area contributed by atoms with E-state index >= 15 is 0 Å². The van der Waals surface area contributed by atoms with E-state index < -0.39 is 6.10 Å². The van der Waals surface area contributed by atoms with E-state index in [0.29, 0.717) is 5.92 Å². The van der Waals surface area contributed by atoms with Crippen LogP contribution < -0.4 is 0 Å². The number of aliphatic hydroxyl groups excluding tert-OH is 1. The minimum atomic E-state index is -0.400. The van der Waals surface area contributed by atoms with Gasteiger partial charge in [-0.2, -0.15) is 0 Å². The number of aliphatic hydroxyl groups is 1. The van der Waals surface area contributed by atoms with Gasteiger partial charge in [-0.1, -0.05) is 44.6 Å². The number of hydrogen-bond donors (Lipinski definition) is 1. The molecular formula is C18H32O3. The quantitative estimate of drug-likeness (QED) is 0.521. The van der Waals surface area contributed by atoms with Gasteiger partial charge in [0.25, 0.3) is 0 Å². The van der Waals surface area contributed by atoms with Crippen LogP contribution in [-0.2, 0) is 9.47 Å². The maximum Gasteiger partial charge on any atom is 0.111 e. The fourth-order valence-corrected chi connectivity index (χ4v) is 2.82. The van der Waals surface area contributed by atoms with Crippen molar-refractivity contribution in [1.82, 2.24) is 0 Å². The molecule has 0 bridgehead atoms. The van der Waals surface area contributed by atoms with E-state index in [4.69, 9.17) is 9.47 Å². The first-order valence-electron chi connectivity index (χ1n) is 8.08. The molecule has 0 spiro atoms. The van der Waals surface area contributed by atoms with E-state index in [2.05, 4.69) is 52.8 Å². The van der Waals surface area contributed by atoms with Crippen molar-refractivity contribution in [3.63, 3.8) is 0 Å². The Morgan fingerprint density at radius 2 is 1.95 bits per heavy atom. The molecular weight excluding hydrogens is 264 g/mol. The zero-order valence-electron chi connectivity index (χ0n) is 14.4. The molecule has 1 aliphatic rings. The second kappa shape index (κ2) is 8.72. The van der Waals surface area contributed by atoms with Crippen LogP contribution >= 0.6 is 0 Å². The number of hydrogen-bond acceptors (Lipinski definition) is 3. The van der Waals surface area contributed by atoms with Crippen LogP contribution in [0.2, 0.25) is 0 Å². The Morgan fingerprint density at radius 1 is 1.29 bits per heavy atom. The highest BCUT2D eigenvalue weighted by Crippen LogP contribution is 2.37. The lowest BCUT2D eigenvalue weighted by atomic mass is 9.90. The molecule has 122 valence electrons. The van der Waals surface area contributed by atoms with Crippen molar-refractivity contribution in [2.24, 2.45) is 11.8 Å². The summed E-state index contributed by atoms with van der Waals surface area (Å²) in [6, 6.07) is 0. The van der Waals surface area contributed by atoms with Crippen molar-refractivity contribution in [2.75, 3.05) is 7.11 Å². The van der Waals surface area contributed by atoms with Crippen molar-refractivity contribution in [2.45, 2.75) is 71.9 Å². The fourth-order valence-electron chi connectivity index (χ4n) is 2.82. The summed E-state index contributed by atoms with van der Waals surface area (Å²) in [6.07, 6.45) is 8.01. The van der Waals surface area contributed by atoms with E-state index in [1.807, 2.05) is 0 Å². The minimum absolute atomic E-state index is 0.0314. The lowest BCUT2D eigenvalue weighted by Gasteiger charge is -2.21. The fraction of sp³-hybridized carbons (Fsp3) is 0.778. The third-order valence-electron chi connectivity index (χ3n) is 4.36. The Labute approximate surface area is 130 Å². The predicted octanol–water partition coefficient (Wildman–Crippen LogP) is 3.72. The number of allylic oxidation sites excluding steroid dienone is 4. The number of rotatable bonds is 9. The first-order valence-corrected chi connectivity index (χ1v) is 8.08. The molecule has 1 fully saturated rings. The van der Waals surface area contributed by atoms with Crippen molar-refractivity contribution in [1.29, 1.82) is 0 Å². The van der Waals surface area contributed by atoms with Crippen molar-refractivity contribution in [3.05, 3.63) is 23.8 Å². The van der Waals surface area contributed by atoms with E-state index in [1.165, 1.54) is 5.57 Å². The summed E-state index contributed by atoms with van der Waals surface area (Å²) in [5.74, 6) is 0.532. The van der Waals surface area contributed by atoms with Crippen LogP contribution in [0.5, 0.6) is 0 Å². The second-order valence-corrected chi connectivity index (χ2v) is 6.48. The molecule has 0 aromatic heterocycles. The molecule has 1 N–H and O–H groups in total. The maximum absolute atomic E-state index is 10.4. The Bertz CT molecular complexity index is 353.